The van der Waals surface area contributed by atoms with E-state index in [0.717, 1.165) is 5.56 Å². The minimum Gasteiger partial charge on any atom is -0.458 e. The third kappa shape index (κ3) is 6.43. The second-order valence-corrected chi connectivity index (χ2v) is 6.54. The first-order valence-electron chi connectivity index (χ1n) is 7.26. The molecule has 0 radical (unpaired) electrons. The molecule has 0 spiro atoms. The highest BCUT2D eigenvalue weighted by molar-refractivity contribution is 5.85. The highest BCUT2D eigenvalue weighted by atomic mass is 16.6. The number of rotatable bonds is 5. The normalized spacial score (nSPS) is 12.9. The lowest BCUT2D eigenvalue weighted by Crippen LogP contribution is -2.38. The number of carbonyl (C=O) groups is 2. The van der Waals surface area contributed by atoms with Crippen LogP contribution < -0.4 is 5.32 Å². The molecule has 0 aromatic heterocycles. The summed E-state index contributed by atoms with van der Waals surface area (Å²) in [5, 5.41) is 2.77. The average molecular weight is 291 g/mol. The van der Waals surface area contributed by atoms with Gasteiger partial charge in [0, 0.05) is 6.42 Å². The minimum absolute atomic E-state index is 0.148. The van der Waals surface area contributed by atoms with Crippen molar-refractivity contribution >= 4 is 11.9 Å². The van der Waals surface area contributed by atoms with Crippen molar-refractivity contribution in [1.82, 2.24) is 5.32 Å². The lowest BCUT2D eigenvalue weighted by atomic mass is 10.0. The number of esters is 1. The zero-order chi connectivity index (χ0) is 16.0. The van der Waals surface area contributed by atoms with Crippen molar-refractivity contribution in [2.45, 2.75) is 52.7 Å². The Morgan fingerprint density at radius 3 is 2.19 bits per heavy atom. The summed E-state index contributed by atoms with van der Waals surface area (Å²) < 4.78 is 5.41. The Morgan fingerprint density at radius 1 is 1.14 bits per heavy atom. The van der Waals surface area contributed by atoms with E-state index in [1.54, 1.807) is 0 Å². The van der Waals surface area contributed by atoms with Crippen LogP contribution in [-0.4, -0.2) is 17.5 Å². The molecular formula is C17H25NO3. The van der Waals surface area contributed by atoms with Crippen molar-refractivity contribution in [1.29, 1.82) is 0 Å². The number of nitrogens with one attached hydrogen (secondary N) is 1. The molecular weight excluding hydrogens is 266 g/mol. The van der Waals surface area contributed by atoms with Crippen LogP contribution in [0.5, 0.6) is 0 Å². The predicted molar refractivity (Wildman–Crippen MR) is 82.6 cm³/mol. The average Bonchev–Trinajstić information content (AvgIpc) is 2.34. The van der Waals surface area contributed by atoms with Crippen molar-refractivity contribution in [3.8, 4) is 0 Å². The molecule has 0 aliphatic heterocycles. The van der Waals surface area contributed by atoms with E-state index in [1.165, 1.54) is 0 Å². The van der Waals surface area contributed by atoms with Gasteiger partial charge in [-0.3, -0.25) is 4.79 Å². The summed E-state index contributed by atoms with van der Waals surface area (Å²) in [4.78, 5) is 24.3. The molecule has 1 N–H and O–H groups in total. The molecule has 0 unspecified atom stereocenters. The maximum Gasteiger partial charge on any atom is 0.333 e. The van der Waals surface area contributed by atoms with E-state index < -0.39 is 17.6 Å². The maximum atomic E-state index is 12.3. The van der Waals surface area contributed by atoms with Crippen LogP contribution in [0, 0.1) is 5.92 Å². The molecule has 4 heteroatoms. The van der Waals surface area contributed by atoms with Gasteiger partial charge in [-0.05, 0) is 32.3 Å². The number of amides is 1. The quantitative estimate of drug-likeness (QED) is 0.847. The van der Waals surface area contributed by atoms with Crippen LogP contribution >= 0.6 is 0 Å². The molecule has 1 rings (SSSR count). The Labute approximate surface area is 126 Å². The van der Waals surface area contributed by atoms with Crippen LogP contribution in [0.15, 0.2) is 30.3 Å². The molecule has 1 aromatic rings. The van der Waals surface area contributed by atoms with Gasteiger partial charge in [0.25, 0.3) is 0 Å². The molecule has 21 heavy (non-hydrogen) atoms. The van der Waals surface area contributed by atoms with E-state index in [9.17, 15) is 9.59 Å². The van der Waals surface area contributed by atoms with E-state index in [1.807, 2.05) is 65.0 Å². The minimum atomic E-state index is -0.767. The molecule has 1 atom stereocenters. The van der Waals surface area contributed by atoms with Gasteiger partial charge in [-0.25, -0.2) is 4.79 Å². The number of benzene rings is 1. The van der Waals surface area contributed by atoms with Gasteiger partial charge in [0.05, 0.1) is 0 Å². The summed E-state index contributed by atoms with van der Waals surface area (Å²) in [6, 6.07) is 8.39. The first-order valence-corrected chi connectivity index (χ1v) is 7.26. The van der Waals surface area contributed by atoms with Gasteiger partial charge in [-0.15, -0.1) is 0 Å². The second-order valence-electron chi connectivity index (χ2n) is 6.54. The van der Waals surface area contributed by atoms with Crippen LogP contribution in [0.1, 0.15) is 52.6 Å². The summed E-state index contributed by atoms with van der Waals surface area (Å²) in [6.45, 7) is 9.35. The van der Waals surface area contributed by atoms with Crippen LogP contribution in [0.2, 0.25) is 0 Å². The van der Waals surface area contributed by atoms with Crippen molar-refractivity contribution in [3.63, 3.8) is 0 Å². The van der Waals surface area contributed by atoms with E-state index >= 15 is 0 Å². The maximum absolute atomic E-state index is 12.3. The highest BCUT2D eigenvalue weighted by Gasteiger charge is 2.28. The van der Waals surface area contributed by atoms with Crippen LogP contribution in [0.3, 0.4) is 0 Å². The second kappa shape index (κ2) is 7.25. The number of carbonyl (C=O) groups excluding carboxylic acids is 2. The Morgan fingerprint density at radius 2 is 1.71 bits per heavy atom. The third-order valence-electron chi connectivity index (χ3n) is 2.67. The Kier molecular flexibility index (Phi) is 5.94. The Balaban J connectivity index is 2.90. The van der Waals surface area contributed by atoms with Gasteiger partial charge in [0.2, 0.25) is 5.91 Å². The molecule has 0 aliphatic carbocycles. The standard InChI is InChI=1S/C17H25NO3/c1-12(2)11-14(19)18-15(13-9-7-6-8-10-13)16(20)21-17(3,4)5/h6-10,12,15H,11H2,1-5H3,(H,18,19)/t15-/m0/s1. The van der Waals surface area contributed by atoms with E-state index in [4.69, 9.17) is 4.74 Å². The topological polar surface area (TPSA) is 55.4 Å². The smallest absolute Gasteiger partial charge is 0.333 e. The van der Waals surface area contributed by atoms with Crippen molar-refractivity contribution in [2.24, 2.45) is 5.92 Å². The van der Waals surface area contributed by atoms with Gasteiger partial charge < -0.3 is 10.1 Å². The van der Waals surface area contributed by atoms with E-state index in [2.05, 4.69) is 5.32 Å². The monoisotopic (exact) mass is 291 g/mol. The third-order valence-corrected chi connectivity index (χ3v) is 2.67. The first-order chi connectivity index (χ1) is 9.69. The fraction of sp³-hybridized carbons (Fsp3) is 0.529. The molecule has 0 saturated heterocycles. The molecule has 0 fully saturated rings. The molecule has 1 amide bonds. The van der Waals surface area contributed by atoms with Gasteiger partial charge in [-0.2, -0.15) is 0 Å². The van der Waals surface area contributed by atoms with Crippen LogP contribution in [0.25, 0.3) is 0 Å². The summed E-state index contributed by atoms with van der Waals surface area (Å²) in [5.41, 5.74) is 0.135. The molecule has 0 bridgehead atoms. The van der Waals surface area contributed by atoms with Gasteiger partial charge in [-0.1, -0.05) is 44.2 Å². The summed E-state index contributed by atoms with van der Waals surface area (Å²) in [6.07, 6.45) is 0.381. The van der Waals surface area contributed by atoms with Crippen molar-refractivity contribution in [3.05, 3.63) is 35.9 Å². The van der Waals surface area contributed by atoms with Gasteiger partial charge in [0.1, 0.15) is 5.60 Å². The fourth-order valence-corrected chi connectivity index (χ4v) is 1.88. The molecule has 0 saturated carbocycles. The molecule has 116 valence electrons. The van der Waals surface area contributed by atoms with E-state index in [-0.39, 0.29) is 11.8 Å². The first kappa shape index (κ1) is 17.2. The fourth-order valence-electron chi connectivity index (χ4n) is 1.88. The van der Waals surface area contributed by atoms with Gasteiger partial charge in [0.15, 0.2) is 6.04 Å². The van der Waals surface area contributed by atoms with E-state index in [0.29, 0.717) is 6.42 Å². The molecule has 4 nitrogen and oxygen atoms in total. The summed E-state index contributed by atoms with van der Waals surface area (Å²) in [7, 11) is 0. The predicted octanol–water partition coefficient (Wildman–Crippen LogP) is 3.23. The van der Waals surface area contributed by atoms with Gasteiger partial charge >= 0.3 is 5.97 Å². The molecule has 0 aliphatic rings. The molecule has 1 aromatic carbocycles. The largest absolute Gasteiger partial charge is 0.458 e. The molecule has 0 heterocycles. The van der Waals surface area contributed by atoms with Crippen LogP contribution in [0.4, 0.5) is 0 Å². The Bertz CT molecular complexity index is 475. The summed E-state index contributed by atoms with van der Waals surface area (Å²) >= 11 is 0. The highest BCUT2D eigenvalue weighted by Crippen LogP contribution is 2.19. The van der Waals surface area contributed by atoms with Crippen LogP contribution in [-0.2, 0) is 14.3 Å². The SMILES string of the molecule is CC(C)CC(=O)N[C@H](C(=O)OC(C)(C)C)c1ccccc1. The van der Waals surface area contributed by atoms with Crippen molar-refractivity contribution < 1.29 is 14.3 Å². The Hall–Kier alpha value is -1.84. The van der Waals surface area contributed by atoms with Crippen molar-refractivity contribution in [2.75, 3.05) is 0 Å². The summed E-state index contributed by atoms with van der Waals surface area (Å²) in [5.74, 6) is -0.351. The number of hydrogen-bond donors (Lipinski definition) is 1. The zero-order valence-corrected chi connectivity index (χ0v) is 13.5. The zero-order valence-electron chi connectivity index (χ0n) is 13.5. The number of hydrogen-bond acceptors (Lipinski definition) is 3. The lowest BCUT2D eigenvalue weighted by molar-refractivity contribution is -0.159. The lowest BCUT2D eigenvalue weighted by Gasteiger charge is -2.25. The number of ether oxygens (including phenoxy) is 1.